The summed E-state index contributed by atoms with van der Waals surface area (Å²) >= 11 is 0. The predicted molar refractivity (Wildman–Crippen MR) is 140 cm³/mol. The number of fused-ring (bicyclic) bond motifs is 1. The van der Waals surface area contributed by atoms with Gasteiger partial charge in [0.2, 0.25) is 0 Å². The van der Waals surface area contributed by atoms with Crippen molar-refractivity contribution in [3.05, 3.63) is 0 Å². The van der Waals surface area contributed by atoms with Crippen molar-refractivity contribution in [1.82, 2.24) is 0 Å². The maximum atomic E-state index is 10.7. The number of aliphatic hydroxyl groups is 13. The van der Waals surface area contributed by atoms with E-state index >= 15 is 0 Å². The molecule has 19 unspecified atom stereocenters. The Hall–Kier alpha value is -0.640. The summed E-state index contributed by atoms with van der Waals surface area (Å²) in [5.41, 5.74) is 0. The van der Waals surface area contributed by atoms with Crippen LogP contribution < -0.4 is 0 Å². The normalized spacial score (nSPS) is 54.6. The number of hydrogen-bond acceptors (Lipinski definition) is 15. The first-order chi connectivity index (χ1) is 20.4. The third-order valence-corrected chi connectivity index (χ3v) is 9.86. The van der Waals surface area contributed by atoms with Gasteiger partial charge in [-0.15, -0.1) is 0 Å². The first-order valence-corrected chi connectivity index (χ1v) is 15.1. The van der Waals surface area contributed by atoms with Crippen LogP contribution in [-0.2, 0) is 18.9 Å². The van der Waals surface area contributed by atoms with E-state index in [1.807, 2.05) is 0 Å². The van der Waals surface area contributed by atoms with E-state index in [9.17, 15) is 56.2 Å². The fourth-order valence-corrected chi connectivity index (χ4v) is 7.34. The number of ether oxygens (including phenoxy) is 5. The summed E-state index contributed by atoms with van der Waals surface area (Å²) in [4.78, 5) is 0. The lowest BCUT2D eigenvalue weighted by atomic mass is 9.72. The van der Waals surface area contributed by atoms with Crippen LogP contribution in [-0.4, -0.2) is 178 Å². The summed E-state index contributed by atoms with van der Waals surface area (Å²) in [5, 5.41) is 113. The van der Waals surface area contributed by atoms with Crippen molar-refractivity contribution in [1.29, 1.82) is 0 Å². The molecule has 16 nitrogen and oxygen atoms in total. The first kappa shape index (κ1) is 33.7. The van der Waals surface area contributed by atoms with Gasteiger partial charge in [0.15, 0.2) is 24.8 Å². The number of hydrogen-bond donors (Lipinski definition) is 11. The Balaban J connectivity index is 1.38. The predicted octanol–water partition coefficient (Wildman–Crippen LogP) is -5.68. The molecule has 3 saturated heterocycles. The molecule has 12 N–H and O–H groups in total. The summed E-state index contributed by atoms with van der Waals surface area (Å²) < 4.78 is 28.5. The highest BCUT2D eigenvalue weighted by molar-refractivity contribution is 4.99. The van der Waals surface area contributed by atoms with E-state index in [0.717, 1.165) is 0 Å². The van der Waals surface area contributed by atoms with Crippen LogP contribution in [0.1, 0.15) is 38.5 Å². The van der Waals surface area contributed by atoms with Gasteiger partial charge in [-0.05, 0) is 25.7 Å². The molecule has 5 fully saturated rings. The van der Waals surface area contributed by atoms with Gasteiger partial charge in [-0.3, -0.25) is 0 Å². The van der Waals surface area contributed by atoms with Crippen molar-refractivity contribution < 1.29 is 79.9 Å². The molecule has 19 atom stereocenters. The Morgan fingerprint density at radius 3 is 1.67 bits per heavy atom. The van der Waals surface area contributed by atoms with Crippen molar-refractivity contribution in [2.24, 2.45) is 11.8 Å². The zero-order chi connectivity index (χ0) is 31.2. The lowest BCUT2D eigenvalue weighted by molar-refractivity contribution is -0.367. The van der Waals surface area contributed by atoms with E-state index < -0.39 is 123 Å². The van der Waals surface area contributed by atoms with Gasteiger partial charge in [-0.25, -0.2) is 0 Å². The van der Waals surface area contributed by atoms with Gasteiger partial charge in [0.25, 0.3) is 0 Å². The average Bonchev–Trinajstić information content (AvgIpc) is 2.98. The molecule has 0 radical (unpaired) electrons. The van der Waals surface area contributed by atoms with E-state index in [0.29, 0.717) is 12.8 Å². The standard InChI is InChI=1S/C27H46O16/c28-7-17-19(33)21(35)23(37)26(42-17)40-15-5-10(30)4-14-11(15)6-16(25(39-14)9-1-2-12(31)13(32)3-9)41-27-24(38)22(36)20(34)18(8-29)43-27/h9-38H,1-8H2/p+1. The minimum atomic E-state index is -1.67. The second-order valence-corrected chi connectivity index (χ2v) is 12.7. The van der Waals surface area contributed by atoms with Crippen LogP contribution in [0.5, 0.6) is 0 Å². The van der Waals surface area contributed by atoms with E-state index in [4.69, 9.17) is 23.7 Å². The molecule has 0 bridgehead atoms. The lowest BCUT2D eigenvalue weighted by Crippen LogP contribution is -2.64. The molecule has 2 saturated carbocycles. The summed E-state index contributed by atoms with van der Waals surface area (Å²) in [6.07, 6.45) is -18.8. The highest BCUT2D eigenvalue weighted by Gasteiger charge is 2.56. The molecule has 3 heterocycles. The van der Waals surface area contributed by atoms with Crippen LogP contribution in [0.3, 0.4) is 0 Å². The van der Waals surface area contributed by atoms with Gasteiger partial charge < -0.3 is 79.9 Å². The van der Waals surface area contributed by atoms with Crippen molar-refractivity contribution in [2.75, 3.05) is 13.2 Å². The highest BCUT2D eigenvalue weighted by atomic mass is 16.7. The third-order valence-electron chi connectivity index (χ3n) is 9.86. The van der Waals surface area contributed by atoms with E-state index in [1.54, 1.807) is 0 Å². The molecule has 0 amide bonds. The zero-order valence-electron chi connectivity index (χ0n) is 23.6. The van der Waals surface area contributed by atoms with E-state index in [-0.39, 0.29) is 31.6 Å². The Labute approximate surface area is 248 Å². The van der Waals surface area contributed by atoms with Gasteiger partial charge in [0.05, 0.1) is 43.5 Å². The molecule has 2 aliphatic carbocycles. The quantitative estimate of drug-likeness (QED) is 0.117. The SMILES string of the molecule is OCC1OC(OC2CC(O)CC3[OH+]C(C4CCC(O)C(O)C4)C(OC4OC(CO)C(O)C(O)C4O)CC23)C(O)C(O)C1O. The van der Waals surface area contributed by atoms with Gasteiger partial charge in [0.1, 0.15) is 54.9 Å². The van der Waals surface area contributed by atoms with Gasteiger partial charge in [0, 0.05) is 18.8 Å². The second kappa shape index (κ2) is 14.0. The van der Waals surface area contributed by atoms with E-state index in [1.165, 1.54) is 0 Å². The Morgan fingerprint density at radius 2 is 1.14 bits per heavy atom. The van der Waals surface area contributed by atoms with Crippen LogP contribution in [0, 0.1) is 11.8 Å². The molecule has 43 heavy (non-hydrogen) atoms. The van der Waals surface area contributed by atoms with Crippen LogP contribution in [0.15, 0.2) is 0 Å². The molecule has 5 aliphatic rings. The number of aliphatic hydroxyl groups excluding tert-OH is 11. The van der Waals surface area contributed by atoms with Crippen LogP contribution >= 0.6 is 0 Å². The monoisotopic (exact) mass is 627 g/mol. The molecule has 16 heteroatoms. The maximum absolute atomic E-state index is 10.7. The molecule has 0 aromatic carbocycles. The minimum Gasteiger partial charge on any atom is -0.427 e. The van der Waals surface area contributed by atoms with Crippen molar-refractivity contribution in [3.63, 3.8) is 0 Å². The Morgan fingerprint density at radius 1 is 0.581 bits per heavy atom. The Bertz CT molecular complexity index is 895. The zero-order valence-corrected chi connectivity index (χ0v) is 23.6. The lowest BCUT2D eigenvalue weighted by Gasteiger charge is -2.50. The van der Waals surface area contributed by atoms with Gasteiger partial charge in [-0.2, -0.15) is 0 Å². The molecular formula is C27H47O16+. The molecule has 0 spiro atoms. The maximum Gasteiger partial charge on any atom is 0.187 e. The van der Waals surface area contributed by atoms with Crippen molar-refractivity contribution in [3.8, 4) is 0 Å². The second-order valence-electron chi connectivity index (χ2n) is 12.7. The average molecular weight is 628 g/mol. The number of rotatable bonds is 7. The highest BCUT2D eigenvalue weighted by Crippen LogP contribution is 2.43. The molecule has 250 valence electrons. The molecular weight excluding hydrogens is 580 g/mol. The van der Waals surface area contributed by atoms with E-state index in [2.05, 4.69) is 0 Å². The summed E-state index contributed by atoms with van der Waals surface area (Å²) in [6.45, 7) is -1.29. The molecule has 3 aliphatic heterocycles. The smallest absolute Gasteiger partial charge is 0.187 e. The van der Waals surface area contributed by atoms with Crippen LogP contribution in [0.25, 0.3) is 0 Å². The van der Waals surface area contributed by atoms with Crippen LogP contribution in [0.4, 0.5) is 0 Å². The molecule has 0 aromatic rings. The fraction of sp³-hybridized carbons (Fsp3) is 1.00. The first-order valence-electron chi connectivity index (χ1n) is 15.1. The van der Waals surface area contributed by atoms with Crippen molar-refractivity contribution >= 4 is 0 Å². The summed E-state index contributed by atoms with van der Waals surface area (Å²) in [7, 11) is 0. The largest absolute Gasteiger partial charge is 0.427 e. The summed E-state index contributed by atoms with van der Waals surface area (Å²) in [6, 6.07) is 0. The Kier molecular flexibility index (Phi) is 11.0. The minimum absolute atomic E-state index is 0.109. The fourth-order valence-electron chi connectivity index (χ4n) is 7.34. The van der Waals surface area contributed by atoms with Crippen LogP contribution in [0.2, 0.25) is 0 Å². The van der Waals surface area contributed by atoms with Gasteiger partial charge >= 0.3 is 0 Å². The topological polar surface area (TPSA) is 272 Å². The van der Waals surface area contributed by atoms with Crippen molar-refractivity contribution in [2.45, 2.75) is 143 Å². The summed E-state index contributed by atoms with van der Waals surface area (Å²) in [5.74, 6) is -0.695. The third kappa shape index (κ3) is 6.90. The molecule has 0 aromatic heterocycles. The molecule has 5 rings (SSSR count). The van der Waals surface area contributed by atoms with Gasteiger partial charge in [-0.1, -0.05) is 0 Å².